The van der Waals surface area contributed by atoms with E-state index in [9.17, 15) is 4.79 Å². The zero-order chi connectivity index (χ0) is 12.5. The van der Waals surface area contributed by atoms with E-state index < -0.39 is 0 Å². The molecule has 1 heterocycles. The van der Waals surface area contributed by atoms with Crippen LogP contribution < -0.4 is 5.32 Å². The predicted molar refractivity (Wildman–Crippen MR) is 66.6 cm³/mol. The van der Waals surface area contributed by atoms with Crippen LogP contribution in [0.3, 0.4) is 0 Å². The molecule has 0 aromatic carbocycles. The molecule has 0 radical (unpaired) electrons. The Bertz CT molecular complexity index is 287. The lowest BCUT2D eigenvalue weighted by atomic mass is 9.77. The van der Waals surface area contributed by atoms with Crippen molar-refractivity contribution in [2.24, 2.45) is 5.41 Å². The maximum absolute atomic E-state index is 12.5. The van der Waals surface area contributed by atoms with Crippen molar-refractivity contribution in [3.8, 4) is 0 Å². The van der Waals surface area contributed by atoms with Gasteiger partial charge in [-0.15, -0.1) is 0 Å². The second-order valence-corrected chi connectivity index (χ2v) is 5.97. The Morgan fingerprint density at radius 2 is 2.18 bits per heavy atom. The van der Waals surface area contributed by atoms with Crippen molar-refractivity contribution in [3.05, 3.63) is 0 Å². The third-order valence-electron chi connectivity index (χ3n) is 3.99. The van der Waals surface area contributed by atoms with E-state index in [1.54, 1.807) is 0 Å². The van der Waals surface area contributed by atoms with Crippen molar-refractivity contribution in [3.63, 3.8) is 0 Å². The number of nitrogens with zero attached hydrogens (tertiary/aromatic N) is 1. The number of amides is 1. The fourth-order valence-electron chi connectivity index (χ4n) is 2.77. The largest absolute Gasteiger partial charge is 0.395 e. The van der Waals surface area contributed by atoms with Crippen molar-refractivity contribution in [1.82, 2.24) is 10.2 Å². The molecule has 1 aliphatic heterocycles. The van der Waals surface area contributed by atoms with Crippen LogP contribution >= 0.6 is 0 Å². The minimum Gasteiger partial charge on any atom is -0.395 e. The fourth-order valence-corrected chi connectivity index (χ4v) is 2.77. The summed E-state index contributed by atoms with van der Waals surface area (Å²) in [6.07, 6.45) is 4.42. The van der Waals surface area contributed by atoms with E-state index >= 15 is 0 Å². The van der Waals surface area contributed by atoms with E-state index in [0.29, 0.717) is 12.6 Å². The van der Waals surface area contributed by atoms with Crippen molar-refractivity contribution in [1.29, 1.82) is 0 Å². The van der Waals surface area contributed by atoms with Crippen LogP contribution in [0, 0.1) is 5.41 Å². The average Bonchev–Trinajstić information content (AvgIpc) is 3.08. The van der Waals surface area contributed by atoms with Gasteiger partial charge in [0.2, 0.25) is 5.91 Å². The van der Waals surface area contributed by atoms with Crippen LogP contribution in [0.15, 0.2) is 0 Å². The molecule has 1 saturated heterocycles. The predicted octanol–water partition coefficient (Wildman–Crippen LogP) is 0.748. The standard InChI is InChI=1S/C13H24N2O2/c1-13(2)6-3-7-14-11(13)12(17)15(8-9-16)10-4-5-10/h10-11,14,16H,3-9H2,1-2H3. The number of hydrogen-bond donors (Lipinski definition) is 2. The third kappa shape index (κ3) is 2.80. The molecule has 4 heteroatoms. The summed E-state index contributed by atoms with van der Waals surface area (Å²) in [5.41, 5.74) is 0.0257. The first-order valence-corrected chi connectivity index (χ1v) is 6.71. The first-order valence-electron chi connectivity index (χ1n) is 6.71. The Labute approximate surface area is 103 Å². The van der Waals surface area contributed by atoms with Gasteiger partial charge in [-0.2, -0.15) is 0 Å². The number of aliphatic hydroxyl groups excluding tert-OH is 1. The van der Waals surface area contributed by atoms with Crippen LogP contribution in [0.4, 0.5) is 0 Å². The summed E-state index contributed by atoms with van der Waals surface area (Å²) in [6.45, 7) is 5.79. The Hall–Kier alpha value is -0.610. The van der Waals surface area contributed by atoms with E-state index in [1.165, 1.54) is 0 Å². The number of nitrogens with one attached hydrogen (secondary N) is 1. The lowest BCUT2D eigenvalue weighted by Gasteiger charge is -2.40. The molecule has 1 atom stereocenters. The number of hydrogen-bond acceptors (Lipinski definition) is 3. The van der Waals surface area contributed by atoms with E-state index in [0.717, 1.165) is 32.2 Å². The summed E-state index contributed by atoms with van der Waals surface area (Å²) < 4.78 is 0. The number of carbonyl (C=O) groups excluding carboxylic acids is 1. The van der Waals surface area contributed by atoms with Gasteiger partial charge in [-0.25, -0.2) is 0 Å². The van der Waals surface area contributed by atoms with E-state index in [-0.39, 0.29) is 24.0 Å². The Morgan fingerprint density at radius 1 is 1.47 bits per heavy atom. The molecule has 1 saturated carbocycles. The fraction of sp³-hybridized carbons (Fsp3) is 0.923. The van der Waals surface area contributed by atoms with Crippen LogP contribution in [0.1, 0.15) is 39.5 Å². The van der Waals surface area contributed by atoms with E-state index in [2.05, 4.69) is 19.2 Å². The highest BCUT2D eigenvalue weighted by Crippen LogP contribution is 2.34. The van der Waals surface area contributed by atoms with Gasteiger partial charge in [0, 0.05) is 12.6 Å². The second kappa shape index (κ2) is 4.94. The van der Waals surface area contributed by atoms with Crippen LogP contribution in [0.25, 0.3) is 0 Å². The molecule has 17 heavy (non-hydrogen) atoms. The van der Waals surface area contributed by atoms with Gasteiger partial charge in [0.25, 0.3) is 0 Å². The van der Waals surface area contributed by atoms with Crippen molar-refractivity contribution in [2.45, 2.75) is 51.6 Å². The Kier molecular flexibility index (Phi) is 3.73. The molecule has 1 amide bonds. The summed E-state index contributed by atoms with van der Waals surface area (Å²) in [7, 11) is 0. The number of carbonyl (C=O) groups is 1. The maximum Gasteiger partial charge on any atom is 0.240 e. The molecule has 2 rings (SSSR count). The average molecular weight is 240 g/mol. The van der Waals surface area contributed by atoms with Gasteiger partial charge in [-0.05, 0) is 37.6 Å². The molecule has 1 unspecified atom stereocenters. The van der Waals surface area contributed by atoms with Gasteiger partial charge in [-0.3, -0.25) is 4.79 Å². The molecular weight excluding hydrogens is 216 g/mol. The van der Waals surface area contributed by atoms with Crippen molar-refractivity contribution >= 4 is 5.91 Å². The molecule has 2 fully saturated rings. The summed E-state index contributed by atoms with van der Waals surface area (Å²) in [6, 6.07) is 0.303. The Morgan fingerprint density at radius 3 is 2.71 bits per heavy atom. The van der Waals surface area contributed by atoms with Crippen molar-refractivity contribution < 1.29 is 9.90 Å². The smallest absolute Gasteiger partial charge is 0.240 e. The molecule has 4 nitrogen and oxygen atoms in total. The van der Waals surface area contributed by atoms with Crippen LogP contribution in [0.2, 0.25) is 0 Å². The number of aliphatic hydroxyl groups is 1. The van der Waals surface area contributed by atoms with E-state index in [4.69, 9.17) is 5.11 Å². The SMILES string of the molecule is CC1(C)CCCNC1C(=O)N(CCO)C1CC1. The van der Waals surface area contributed by atoms with Gasteiger partial charge < -0.3 is 15.3 Å². The zero-order valence-corrected chi connectivity index (χ0v) is 10.9. The first-order chi connectivity index (χ1) is 8.06. The zero-order valence-electron chi connectivity index (χ0n) is 10.9. The van der Waals surface area contributed by atoms with Gasteiger partial charge in [0.1, 0.15) is 0 Å². The van der Waals surface area contributed by atoms with Gasteiger partial charge >= 0.3 is 0 Å². The molecular formula is C13H24N2O2. The first kappa shape index (κ1) is 12.8. The second-order valence-electron chi connectivity index (χ2n) is 5.97. The minimum atomic E-state index is -0.0802. The monoisotopic (exact) mass is 240 g/mol. The van der Waals surface area contributed by atoms with Crippen LogP contribution in [0.5, 0.6) is 0 Å². The summed E-state index contributed by atoms with van der Waals surface area (Å²) in [5, 5.41) is 12.4. The molecule has 2 N–H and O–H groups in total. The molecule has 1 aliphatic carbocycles. The van der Waals surface area contributed by atoms with Crippen molar-refractivity contribution in [2.75, 3.05) is 19.7 Å². The lowest BCUT2D eigenvalue weighted by Crippen LogP contribution is -2.57. The number of rotatable bonds is 4. The summed E-state index contributed by atoms with van der Waals surface area (Å²) in [4.78, 5) is 14.4. The van der Waals surface area contributed by atoms with E-state index in [1.807, 2.05) is 4.90 Å². The van der Waals surface area contributed by atoms with Gasteiger partial charge in [-0.1, -0.05) is 13.8 Å². The quantitative estimate of drug-likeness (QED) is 0.762. The highest BCUT2D eigenvalue weighted by atomic mass is 16.3. The molecule has 0 spiro atoms. The van der Waals surface area contributed by atoms with Gasteiger partial charge in [0.15, 0.2) is 0 Å². The molecule has 0 aromatic rings. The highest BCUT2D eigenvalue weighted by molar-refractivity contribution is 5.83. The molecule has 2 aliphatic rings. The van der Waals surface area contributed by atoms with Gasteiger partial charge in [0.05, 0.1) is 12.6 Å². The third-order valence-corrected chi connectivity index (χ3v) is 3.99. The van der Waals surface area contributed by atoms with Crippen LogP contribution in [-0.4, -0.2) is 47.7 Å². The topological polar surface area (TPSA) is 52.6 Å². The normalized spacial score (nSPS) is 27.8. The maximum atomic E-state index is 12.5. The van der Waals surface area contributed by atoms with Crippen LogP contribution in [-0.2, 0) is 4.79 Å². The summed E-state index contributed by atoms with van der Waals surface area (Å²) >= 11 is 0. The molecule has 0 bridgehead atoms. The Balaban J connectivity index is 2.05. The minimum absolute atomic E-state index is 0.0257. The lowest BCUT2D eigenvalue weighted by molar-refractivity contribution is -0.138. The number of piperidine rings is 1. The molecule has 0 aromatic heterocycles. The molecule has 98 valence electrons. The summed E-state index contributed by atoms with van der Waals surface area (Å²) in [5.74, 6) is 0.186. The highest BCUT2D eigenvalue weighted by Gasteiger charge is 2.42.